The minimum atomic E-state index is 0.0228. The molecule has 6 heteroatoms. The van der Waals surface area contributed by atoms with E-state index >= 15 is 0 Å². The van der Waals surface area contributed by atoms with Gasteiger partial charge in [0.05, 0.1) is 0 Å². The molecule has 0 radical (unpaired) electrons. The Bertz CT molecular complexity index is 537. The fraction of sp³-hybridized carbons (Fsp3) is 0.615. The summed E-state index contributed by atoms with van der Waals surface area (Å²) in [5.74, 6) is 1.76. The normalized spacial score (nSPS) is 13.7. The average molecular weight is 263 g/mol. The predicted octanol–water partition coefficient (Wildman–Crippen LogP) is 1.78. The topological polar surface area (TPSA) is 82.8 Å². The van der Waals surface area contributed by atoms with Gasteiger partial charge in [0, 0.05) is 31.9 Å². The number of nitrogens with two attached hydrogens (primary N) is 1. The molecule has 1 atom stereocenters. The van der Waals surface area contributed by atoms with Crippen LogP contribution < -0.4 is 5.73 Å². The third-order valence-corrected chi connectivity index (χ3v) is 2.80. The summed E-state index contributed by atoms with van der Waals surface area (Å²) in [6, 6.07) is 0.0228. The quantitative estimate of drug-likeness (QED) is 0.909. The van der Waals surface area contributed by atoms with Crippen molar-refractivity contribution < 1.29 is 4.52 Å². The van der Waals surface area contributed by atoms with Crippen LogP contribution in [0.2, 0.25) is 0 Å². The van der Waals surface area contributed by atoms with E-state index in [1.165, 1.54) is 0 Å². The minimum Gasteiger partial charge on any atom is -0.339 e. The molecule has 0 saturated carbocycles. The van der Waals surface area contributed by atoms with Crippen molar-refractivity contribution in [3.8, 4) is 11.6 Å². The van der Waals surface area contributed by atoms with Crippen LogP contribution in [-0.4, -0.2) is 25.7 Å². The summed E-state index contributed by atoms with van der Waals surface area (Å²) in [6.45, 7) is 6.50. The number of rotatable bonds is 4. The van der Waals surface area contributed by atoms with Crippen molar-refractivity contribution in [2.24, 2.45) is 18.2 Å². The highest BCUT2D eigenvalue weighted by Crippen LogP contribution is 2.21. The molecule has 19 heavy (non-hydrogen) atoms. The maximum Gasteiger partial charge on any atom is 0.238 e. The van der Waals surface area contributed by atoms with Gasteiger partial charge in [-0.3, -0.25) is 0 Å². The van der Waals surface area contributed by atoms with Gasteiger partial charge in [0.2, 0.25) is 11.7 Å². The maximum atomic E-state index is 6.10. The first-order valence-electron chi connectivity index (χ1n) is 6.41. The third kappa shape index (κ3) is 3.64. The molecule has 0 aromatic carbocycles. The van der Waals surface area contributed by atoms with E-state index in [1.54, 1.807) is 6.20 Å². The Hall–Kier alpha value is -1.69. The molecule has 0 spiro atoms. The largest absolute Gasteiger partial charge is 0.339 e. The molecule has 0 aliphatic carbocycles. The molecule has 2 heterocycles. The monoisotopic (exact) mass is 263 g/mol. The standard InChI is InChI=1S/C13H21N5O/c1-13(2,3)8-9(14)7-10-16-11(17-19-10)12-15-5-6-18(12)4/h5-6,9H,7-8,14H2,1-4H3. The van der Waals surface area contributed by atoms with Crippen molar-refractivity contribution in [3.63, 3.8) is 0 Å². The van der Waals surface area contributed by atoms with Crippen molar-refractivity contribution >= 4 is 0 Å². The Labute approximate surface area is 113 Å². The molecule has 0 saturated heterocycles. The highest BCUT2D eigenvalue weighted by Gasteiger charge is 2.19. The second-order valence-electron chi connectivity index (χ2n) is 6.10. The molecule has 0 fully saturated rings. The molecule has 2 rings (SSSR count). The first-order valence-corrected chi connectivity index (χ1v) is 6.41. The summed E-state index contributed by atoms with van der Waals surface area (Å²) >= 11 is 0. The number of imidazole rings is 1. The lowest BCUT2D eigenvalue weighted by molar-refractivity contribution is 0.313. The van der Waals surface area contributed by atoms with Crippen LogP contribution >= 0.6 is 0 Å². The van der Waals surface area contributed by atoms with Crippen LogP contribution in [0.1, 0.15) is 33.1 Å². The summed E-state index contributed by atoms with van der Waals surface area (Å²) < 4.78 is 7.09. The molecule has 2 aromatic heterocycles. The van der Waals surface area contributed by atoms with Gasteiger partial charge in [-0.15, -0.1) is 0 Å². The van der Waals surface area contributed by atoms with E-state index in [1.807, 2.05) is 17.8 Å². The van der Waals surface area contributed by atoms with E-state index in [4.69, 9.17) is 10.3 Å². The molecule has 1 unspecified atom stereocenters. The number of nitrogens with zero attached hydrogens (tertiary/aromatic N) is 4. The van der Waals surface area contributed by atoms with Crippen LogP contribution in [-0.2, 0) is 13.5 Å². The minimum absolute atomic E-state index is 0.0228. The van der Waals surface area contributed by atoms with Crippen LogP contribution in [0.3, 0.4) is 0 Å². The van der Waals surface area contributed by atoms with Gasteiger partial charge in [0.1, 0.15) is 0 Å². The second kappa shape index (κ2) is 5.13. The number of hydrogen-bond acceptors (Lipinski definition) is 5. The lowest BCUT2D eigenvalue weighted by atomic mass is 9.87. The van der Waals surface area contributed by atoms with Crippen LogP contribution in [0.25, 0.3) is 11.6 Å². The van der Waals surface area contributed by atoms with Gasteiger partial charge in [-0.25, -0.2) is 4.98 Å². The number of aromatic nitrogens is 4. The lowest BCUT2D eigenvalue weighted by Crippen LogP contribution is -2.28. The van der Waals surface area contributed by atoms with E-state index in [2.05, 4.69) is 35.9 Å². The molecule has 0 aliphatic rings. The second-order valence-corrected chi connectivity index (χ2v) is 6.10. The third-order valence-electron chi connectivity index (χ3n) is 2.80. The molecular weight excluding hydrogens is 242 g/mol. The van der Waals surface area contributed by atoms with Crippen molar-refractivity contribution in [2.75, 3.05) is 0 Å². The smallest absolute Gasteiger partial charge is 0.238 e. The van der Waals surface area contributed by atoms with Gasteiger partial charge in [-0.1, -0.05) is 25.9 Å². The van der Waals surface area contributed by atoms with Crippen molar-refractivity contribution in [1.82, 2.24) is 19.7 Å². The average Bonchev–Trinajstić information content (AvgIpc) is 2.83. The Morgan fingerprint density at radius 3 is 2.74 bits per heavy atom. The van der Waals surface area contributed by atoms with Crippen molar-refractivity contribution in [2.45, 2.75) is 39.7 Å². The van der Waals surface area contributed by atoms with E-state index in [-0.39, 0.29) is 11.5 Å². The van der Waals surface area contributed by atoms with E-state index < -0.39 is 0 Å². The summed E-state index contributed by atoms with van der Waals surface area (Å²) in [5.41, 5.74) is 6.30. The fourth-order valence-electron chi connectivity index (χ4n) is 2.09. The Morgan fingerprint density at radius 2 is 2.16 bits per heavy atom. The Balaban J connectivity index is 2.04. The van der Waals surface area contributed by atoms with Crippen LogP contribution in [0.15, 0.2) is 16.9 Å². The van der Waals surface area contributed by atoms with Crippen molar-refractivity contribution in [1.29, 1.82) is 0 Å². The summed E-state index contributed by atoms with van der Waals surface area (Å²) in [6.07, 6.45) is 5.05. The molecule has 2 N–H and O–H groups in total. The first-order chi connectivity index (χ1) is 8.85. The predicted molar refractivity (Wildman–Crippen MR) is 72.3 cm³/mol. The van der Waals surface area contributed by atoms with Gasteiger partial charge in [-0.05, 0) is 11.8 Å². The number of aryl methyl sites for hydroxylation is 1. The van der Waals surface area contributed by atoms with Gasteiger partial charge < -0.3 is 14.8 Å². The van der Waals surface area contributed by atoms with E-state index in [0.29, 0.717) is 24.0 Å². The maximum absolute atomic E-state index is 6.10. The summed E-state index contributed by atoms with van der Waals surface area (Å²) in [7, 11) is 1.89. The highest BCUT2D eigenvalue weighted by atomic mass is 16.5. The molecule has 0 aliphatic heterocycles. The molecule has 104 valence electrons. The molecule has 0 bridgehead atoms. The Morgan fingerprint density at radius 1 is 1.42 bits per heavy atom. The molecule has 0 amide bonds. The van der Waals surface area contributed by atoms with E-state index in [9.17, 15) is 0 Å². The summed E-state index contributed by atoms with van der Waals surface area (Å²) in [4.78, 5) is 8.53. The molecule has 6 nitrogen and oxygen atoms in total. The van der Waals surface area contributed by atoms with Gasteiger partial charge in [0.25, 0.3) is 0 Å². The van der Waals surface area contributed by atoms with Crippen molar-refractivity contribution in [3.05, 3.63) is 18.3 Å². The fourth-order valence-corrected chi connectivity index (χ4v) is 2.09. The summed E-state index contributed by atoms with van der Waals surface area (Å²) in [5, 5.41) is 3.94. The van der Waals surface area contributed by atoms with Gasteiger partial charge in [0.15, 0.2) is 5.82 Å². The van der Waals surface area contributed by atoms with Gasteiger partial charge in [-0.2, -0.15) is 4.98 Å². The van der Waals surface area contributed by atoms with Crippen LogP contribution in [0.5, 0.6) is 0 Å². The lowest BCUT2D eigenvalue weighted by Gasteiger charge is -2.21. The molecular formula is C13H21N5O. The zero-order valence-corrected chi connectivity index (χ0v) is 11.9. The first kappa shape index (κ1) is 13.7. The molecule has 2 aromatic rings. The van der Waals surface area contributed by atoms with Gasteiger partial charge >= 0.3 is 0 Å². The zero-order valence-electron chi connectivity index (χ0n) is 11.9. The zero-order chi connectivity index (χ0) is 14.0. The highest BCUT2D eigenvalue weighted by molar-refractivity contribution is 5.42. The van der Waals surface area contributed by atoms with Crippen LogP contribution in [0, 0.1) is 5.41 Å². The van der Waals surface area contributed by atoms with Crippen LogP contribution in [0.4, 0.5) is 0 Å². The number of hydrogen-bond donors (Lipinski definition) is 1. The Kier molecular flexibility index (Phi) is 3.71. The van der Waals surface area contributed by atoms with E-state index in [0.717, 1.165) is 6.42 Å². The SMILES string of the molecule is Cn1ccnc1-c1noc(CC(N)CC(C)(C)C)n1.